The topological polar surface area (TPSA) is 61.8 Å². The summed E-state index contributed by atoms with van der Waals surface area (Å²) >= 11 is 0. The third kappa shape index (κ3) is 5.07. The first-order chi connectivity index (χ1) is 17.4. The second-order valence-corrected chi connectivity index (χ2v) is 11.7. The summed E-state index contributed by atoms with van der Waals surface area (Å²) < 4.78 is 33.0. The molecule has 3 aliphatic carbocycles. The summed E-state index contributed by atoms with van der Waals surface area (Å²) in [5.41, 5.74) is 1.80. The molecule has 0 N–H and O–H groups in total. The van der Waals surface area contributed by atoms with Crippen LogP contribution in [0.5, 0.6) is 5.75 Å². The van der Waals surface area contributed by atoms with E-state index in [1.54, 1.807) is 0 Å². The molecule has 3 unspecified atom stereocenters. The Hall–Kier alpha value is -1.95. The highest BCUT2D eigenvalue weighted by molar-refractivity contribution is 5.87. The van der Waals surface area contributed by atoms with Gasteiger partial charge in [0.05, 0.1) is 13.2 Å². The molecule has 0 radical (unpaired) electrons. The van der Waals surface area contributed by atoms with Crippen molar-refractivity contribution in [1.82, 2.24) is 0 Å². The van der Waals surface area contributed by atoms with Gasteiger partial charge in [-0.25, -0.2) is 4.39 Å². The van der Waals surface area contributed by atoms with E-state index in [0.717, 1.165) is 75.7 Å². The number of alkyl halides is 1. The highest BCUT2D eigenvalue weighted by atomic mass is 19.1. The summed E-state index contributed by atoms with van der Waals surface area (Å²) in [5.74, 6) is 1.48. The van der Waals surface area contributed by atoms with Gasteiger partial charge in [-0.3, -0.25) is 9.59 Å². The lowest BCUT2D eigenvalue weighted by atomic mass is 9.51. The number of carbonyl (C=O) groups excluding carboxylic acids is 2. The summed E-state index contributed by atoms with van der Waals surface area (Å²) in [6.07, 6.45) is 8.47. The first-order valence-electron chi connectivity index (χ1n) is 14.1. The fraction of sp³-hybridized carbons (Fsp3) is 0.733. The van der Waals surface area contributed by atoms with Crippen molar-refractivity contribution in [3.8, 4) is 5.75 Å². The molecule has 7 atom stereocenters. The van der Waals surface area contributed by atoms with Crippen molar-refractivity contribution in [2.45, 2.75) is 103 Å². The van der Waals surface area contributed by atoms with Crippen molar-refractivity contribution in [3.63, 3.8) is 0 Å². The minimum absolute atomic E-state index is 0.149. The molecule has 198 valence electrons. The lowest BCUT2D eigenvalue weighted by molar-refractivity contribution is -0.141. The first-order valence-corrected chi connectivity index (χ1v) is 14.1. The van der Waals surface area contributed by atoms with Crippen molar-refractivity contribution in [2.24, 2.45) is 23.2 Å². The molecule has 5 nitrogen and oxygen atoms in total. The van der Waals surface area contributed by atoms with Crippen LogP contribution in [0.2, 0.25) is 0 Å². The molecule has 0 amide bonds. The van der Waals surface area contributed by atoms with Gasteiger partial charge in [0.2, 0.25) is 0 Å². The number of fused-ring (bicyclic) bond motifs is 5. The Labute approximate surface area is 214 Å². The number of carbonyl (C=O) groups is 2. The van der Waals surface area contributed by atoms with Gasteiger partial charge in [0.25, 0.3) is 0 Å². The van der Waals surface area contributed by atoms with Gasteiger partial charge in [0.15, 0.2) is 6.29 Å². The van der Waals surface area contributed by atoms with E-state index >= 15 is 4.39 Å². The maximum absolute atomic E-state index is 16.0. The van der Waals surface area contributed by atoms with E-state index in [-0.39, 0.29) is 35.8 Å². The van der Waals surface area contributed by atoms with Crippen LogP contribution in [0.25, 0.3) is 0 Å². The Balaban J connectivity index is 1.36. The molecule has 0 aromatic heterocycles. The van der Waals surface area contributed by atoms with E-state index in [2.05, 4.69) is 12.1 Å². The van der Waals surface area contributed by atoms with Crippen molar-refractivity contribution in [1.29, 1.82) is 0 Å². The van der Waals surface area contributed by atoms with Crippen LogP contribution < -0.4 is 4.74 Å². The molecule has 0 bridgehead atoms. The van der Waals surface area contributed by atoms with E-state index < -0.39 is 11.6 Å². The highest BCUT2D eigenvalue weighted by Crippen LogP contribution is 2.62. The van der Waals surface area contributed by atoms with Gasteiger partial charge in [-0.15, -0.1) is 0 Å². The van der Waals surface area contributed by atoms with Gasteiger partial charge in [-0.2, -0.15) is 0 Å². The largest absolute Gasteiger partial charge is 0.466 e. The Morgan fingerprint density at radius 2 is 2.06 bits per heavy atom. The van der Waals surface area contributed by atoms with Crippen molar-refractivity contribution in [3.05, 3.63) is 29.3 Å². The predicted octanol–water partition coefficient (Wildman–Crippen LogP) is 6.31. The zero-order chi connectivity index (χ0) is 25.3. The van der Waals surface area contributed by atoms with Crippen LogP contribution in [0, 0.1) is 23.2 Å². The number of ketones is 1. The molecule has 4 aliphatic rings. The Morgan fingerprint density at radius 3 is 2.83 bits per heavy atom. The monoisotopic (exact) mass is 500 g/mol. The number of hydrogen-bond donors (Lipinski definition) is 0. The first kappa shape index (κ1) is 25.7. The maximum atomic E-state index is 16.0. The molecule has 1 aliphatic heterocycles. The third-order valence-electron chi connectivity index (χ3n) is 9.46. The number of hydrogen-bond acceptors (Lipinski definition) is 5. The normalized spacial score (nSPS) is 35.5. The molecule has 1 heterocycles. The number of unbranched alkanes of at least 4 members (excludes halogenated alkanes) is 2. The van der Waals surface area contributed by atoms with Crippen LogP contribution in [-0.4, -0.2) is 37.4 Å². The number of benzene rings is 1. The summed E-state index contributed by atoms with van der Waals surface area (Å²) in [5, 5.41) is 0. The average Bonchev–Trinajstić information content (AvgIpc) is 3.15. The molecule has 0 spiro atoms. The quantitative estimate of drug-likeness (QED) is 0.309. The smallest absolute Gasteiger partial charge is 0.302 e. The van der Waals surface area contributed by atoms with Crippen LogP contribution in [0.3, 0.4) is 0 Å². The Morgan fingerprint density at radius 1 is 1.19 bits per heavy atom. The van der Waals surface area contributed by atoms with Crippen LogP contribution >= 0.6 is 0 Å². The zero-order valence-corrected chi connectivity index (χ0v) is 21.8. The Bertz CT molecular complexity index is 957. The van der Waals surface area contributed by atoms with Gasteiger partial charge >= 0.3 is 5.97 Å². The van der Waals surface area contributed by atoms with Gasteiger partial charge in [0.1, 0.15) is 17.7 Å². The van der Waals surface area contributed by atoms with E-state index in [1.807, 2.05) is 13.0 Å². The molecule has 6 heteroatoms. The molecule has 1 aromatic rings. The molecule has 1 saturated heterocycles. The predicted molar refractivity (Wildman–Crippen MR) is 135 cm³/mol. The van der Waals surface area contributed by atoms with Gasteiger partial charge in [0, 0.05) is 31.1 Å². The van der Waals surface area contributed by atoms with Crippen LogP contribution in [-0.2, 0) is 25.5 Å². The highest BCUT2D eigenvalue weighted by Gasteiger charge is 2.60. The second kappa shape index (κ2) is 10.8. The minimum Gasteiger partial charge on any atom is -0.466 e. The van der Waals surface area contributed by atoms with Crippen molar-refractivity contribution < 1.29 is 28.2 Å². The molecule has 3 fully saturated rings. The van der Waals surface area contributed by atoms with E-state index in [0.29, 0.717) is 25.4 Å². The summed E-state index contributed by atoms with van der Waals surface area (Å²) in [7, 11) is 0. The zero-order valence-electron chi connectivity index (χ0n) is 21.8. The summed E-state index contributed by atoms with van der Waals surface area (Å²) in [6.45, 7) is 4.67. The molecular weight excluding hydrogens is 459 g/mol. The summed E-state index contributed by atoms with van der Waals surface area (Å²) in [4.78, 5) is 23.9. The fourth-order valence-corrected chi connectivity index (χ4v) is 7.75. The Kier molecular flexibility index (Phi) is 7.71. The van der Waals surface area contributed by atoms with E-state index in [9.17, 15) is 9.59 Å². The average molecular weight is 501 g/mol. The molecular formula is C30H41FO5. The second-order valence-electron chi connectivity index (χ2n) is 11.7. The lowest BCUT2D eigenvalue weighted by Gasteiger charge is -2.53. The van der Waals surface area contributed by atoms with Crippen LogP contribution in [0.4, 0.5) is 4.39 Å². The van der Waals surface area contributed by atoms with Crippen LogP contribution in [0.1, 0.15) is 95.1 Å². The fourth-order valence-electron chi connectivity index (χ4n) is 7.75. The lowest BCUT2D eigenvalue weighted by Crippen LogP contribution is -2.50. The third-order valence-corrected chi connectivity index (χ3v) is 9.46. The van der Waals surface area contributed by atoms with Gasteiger partial charge < -0.3 is 14.2 Å². The van der Waals surface area contributed by atoms with E-state index in [1.165, 1.54) is 12.5 Å². The van der Waals surface area contributed by atoms with E-state index in [4.69, 9.17) is 14.2 Å². The maximum Gasteiger partial charge on any atom is 0.302 e. The summed E-state index contributed by atoms with van der Waals surface area (Å²) in [6, 6.07) is 6.20. The number of halogens is 1. The molecule has 2 saturated carbocycles. The van der Waals surface area contributed by atoms with Gasteiger partial charge in [-0.1, -0.05) is 25.8 Å². The van der Waals surface area contributed by atoms with Crippen LogP contribution in [0.15, 0.2) is 18.2 Å². The SMILES string of the molecule is CC(=O)OCCCCCC1Cc2cc(OC3CCCCO3)ccc2[C@H]2C(F)C[C@]3(C)C(=O)CC[C@H]3[C@H]12. The number of esters is 1. The molecule has 1 aromatic carbocycles. The number of Topliss-reactive ketones (excluding diaryl/α,β-unsaturated/α-hetero) is 1. The van der Waals surface area contributed by atoms with Gasteiger partial charge in [-0.05, 0) is 86.0 Å². The number of ether oxygens (including phenoxy) is 3. The van der Waals surface area contributed by atoms with Crippen molar-refractivity contribution in [2.75, 3.05) is 13.2 Å². The number of rotatable bonds is 8. The minimum atomic E-state index is -1.00. The molecule has 5 rings (SSSR count). The molecule has 36 heavy (non-hydrogen) atoms. The standard InChI is InChI=1S/C30H41FO5/c1-19(32)34-14-6-3-4-8-20-16-21-17-22(36-27-9-5-7-15-35-27)10-11-23(21)29-25(31)18-30(2)24(28(20)29)12-13-26(30)33/h10-11,17,20,24-25,27-29H,3-9,12-16,18H2,1-2H3/t20?,24-,25?,27?,28-,29-,30-/m0/s1. The van der Waals surface area contributed by atoms with Crippen molar-refractivity contribution >= 4 is 11.8 Å².